The average Bonchev–Trinajstić information content (AvgIpc) is 2.80. The monoisotopic (exact) mass is 271 g/mol. The molecule has 1 saturated heterocycles. The minimum absolute atomic E-state index is 0.0699. The highest BCUT2D eigenvalue weighted by molar-refractivity contribution is 7.80. The molecule has 0 aromatic carbocycles. The predicted molar refractivity (Wildman–Crippen MR) is 74.0 cm³/mol. The summed E-state index contributed by atoms with van der Waals surface area (Å²) in [7, 11) is 0. The summed E-state index contributed by atoms with van der Waals surface area (Å²) in [5.41, 5.74) is 5.45. The van der Waals surface area contributed by atoms with Gasteiger partial charge >= 0.3 is 11.8 Å². The molecule has 0 aromatic rings. The lowest BCUT2D eigenvalue weighted by molar-refractivity contribution is -0.145. The van der Waals surface area contributed by atoms with Crippen LogP contribution in [-0.2, 0) is 9.59 Å². The maximum atomic E-state index is 11.9. The highest BCUT2D eigenvalue weighted by Gasteiger charge is 2.38. The number of rotatable bonds is 4. The number of nitrogens with two attached hydrogens (primary N) is 1. The van der Waals surface area contributed by atoms with E-state index in [4.69, 9.17) is 5.73 Å². The van der Waals surface area contributed by atoms with Crippen molar-refractivity contribution in [2.75, 3.05) is 19.6 Å². The third-order valence-electron chi connectivity index (χ3n) is 3.84. The van der Waals surface area contributed by atoms with Gasteiger partial charge in [-0.05, 0) is 24.7 Å². The minimum Gasteiger partial charge on any atom is -0.392 e. The van der Waals surface area contributed by atoms with E-state index in [0.717, 1.165) is 19.3 Å². The molecule has 0 spiro atoms. The molecule has 0 bridgehead atoms. The van der Waals surface area contributed by atoms with Crippen LogP contribution in [0.15, 0.2) is 0 Å². The van der Waals surface area contributed by atoms with Crippen LogP contribution < -0.4 is 11.1 Å². The summed E-state index contributed by atoms with van der Waals surface area (Å²) >= 11 is 4.65. The Hall–Kier alpha value is -1.17. The Morgan fingerprint density at radius 1 is 1.39 bits per heavy atom. The van der Waals surface area contributed by atoms with Crippen LogP contribution in [0.2, 0.25) is 0 Å². The highest BCUT2D eigenvalue weighted by atomic mass is 32.1. The molecule has 1 fully saturated rings. The van der Waals surface area contributed by atoms with Crippen molar-refractivity contribution < 1.29 is 9.59 Å². The van der Waals surface area contributed by atoms with Crippen molar-refractivity contribution in [3.63, 3.8) is 0 Å². The zero-order valence-electron chi connectivity index (χ0n) is 11.0. The second kappa shape index (κ2) is 6.13. The Morgan fingerprint density at radius 3 is 2.44 bits per heavy atom. The predicted octanol–water partition coefficient (Wildman–Crippen LogP) is 0.427. The number of nitrogens with one attached hydrogen (secondary N) is 1. The Kier molecular flexibility index (Phi) is 5.07. The first-order chi connectivity index (χ1) is 8.44. The first-order valence-electron chi connectivity index (χ1n) is 6.29. The number of hydrogen-bond acceptors (Lipinski definition) is 3. The van der Waals surface area contributed by atoms with E-state index >= 15 is 0 Å². The summed E-state index contributed by atoms with van der Waals surface area (Å²) in [6, 6.07) is 0. The average molecular weight is 271 g/mol. The molecule has 0 atom stereocenters. The molecule has 1 heterocycles. The largest absolute Gasteiger partial charge is 0.392 e. The first-order valence-corrected chi connectivity index (χ1v) is 6.70. The van der Waals surface area contributed by atoms with Crippen LogP contribution in [0.25, 0.3) is 0 Å². The number of amides is 2. The van der Waals surface area contributed by atoms with E-state index in [2.05, 4.69) is 31.4 Å². The molecule has 0 radical (unpaired) electrons. The standard InChI is InChI=1S/C12H21N3O2S/c1-3-12(4-2)5-6-15(8-12)11(17)10(16)14-7-9(13)18/h3-8H2,1-2H3,(H2,13,18)(H,14,16). The molecule has 18 heavy (non-hydrogen) atoms. The summed E-state index contributed by atoms with van der Waals surface area (Å²) in [6.07, 6.45) is 3.03. The van der Waals surface area contributed by atoms with Crippen LogP contribution >= 0.6 is 12.2 Å². The van der Waals surface area contributed by atoms with E-state index < -0.39 is 11.8 Å². The molecule has 1 aliphatic heterocycles. The Bertz CT molecular complexity index is 353. The zero-order valence-corrected chi connectivity index (χ0v) is 11.8. The Labute approximate surface area is 113 Å². The van der Waals surface area contributed by atoms with Crippen LogP contribution in [0.5, 0.6) is 0 Å². The van der Waals surface area contributed by atoms with Crippen LogP contribution in [0.3, 0.4) is 0 Å². The van der Waals surface area contributed by atoms with Gasteiger partial charge in [0.1, 0.15) is 0 Å². The van der Waals surface area contributed by atoms with Crippen LogP contribution in [-0.4, -0.2) is 41.3 Å². The number of carbonyl (C=O) groups excluding carboxylic acids is 2. The molecule has 1 rings (SSSR count). The second-order valence-electron chi connectivity index (χ2n) is 4.83. The fraction of sp³-hybridized carbons (Fsp3) is 0.750. The van der Waals surface area contributed by atoms with Crippen LogP contribution in [0.4, 0.5) is 0 Å². The number of thiocarbonyl (C=S) groups is 1. The molecule has 102 valence electrons. The Balaban J connectivity index is 2.54. The fourth-order valence-corrected chi connectivity index (χ4v) is 2.39. The van der Waals surface area contributed by atoms with Gasteiger partial charge in [-0.3, -0.25) is 9.59 Å². The quantitative estimate of drug-likeness (QED) is 0.574. The highest BCUT2D eigenvalue weighted by Crippen LogP contribution is 2.36. The second-order valence-corrected chi connectivity index (χ2v) is 5.36. The molecular formula is C12H21N3O2S. The number of likely N-dealkylation sites (tertiary alicyclic amines) is 1. The fourth-order valence-electron chi connectivity index (χ4n) is 2.32. The van der Waals surface area contributed by atoms with Gasteiger partial charge in [-0.25, -0.2) is 0 Å². The molecule has 0 unspecified atom stereocenters. The molecule has 0 aliphatic carbocycles. The summed E-state index contributed by atoms with van der Waals surface area (Å²) < 4.78 is 0. The lowest BCUT2D eigenvalue weighted by atomic mass is 9.82. The van der Waals surface area contributed by atoms with Gasteiger partial charge in [-0.2, -0.15) is 0 Å². The van der Waals surface area contributed by atoms with Gasteiger partial charge < -0.3 is 16.0 Å². The van der Waals surface area contributed by atoms with Gasteiger partial charge in [0.25, 0.3) is 0 Å². The zero-order chi connectivity index (χ0) is 13.8. The molecular weight excluding hydrogens is 250 g/mol. The summed E-state index contributed by atoms with van der Waals surface area (Å²) in [5.74, 6) is -1.10. The first kappa shape index (κ1) is 14.9. The third-order valence-corrected chi connectivity index (χ3v) is 3.99. The summed E-state index contributed by atoms with van der Waals surface area (Å²) in [5, 5.41) is 2.43. The smallest absolute Gasteiger partial charge is 0.311 e. The SMILES string of the molecule is CCC1(CC)CCN(C(=O)C(=O)NCC(N)=S)C1. The van der Waals surface area contributed by atoms with E-state index in [1.807, 2.05) is 0 Å². The van der Waals surface area contributed by atoms with Crippen molar-refractivity contribution in [3.05, 3.63) is 0 Å². The van der Waals surface area contributed by atoms with E-state index in [-0.39, 0.29) is 16.9 Å². The van der Waals surface area contributed by atoms with Crippen LogP contribution in [0.1, 0.15) is 33.1 Å². The number of hydrogen-bond donors (Lipinski definition) is 2. The minimum atomic E-state index is -0.620. The van der Waals surface area contributed by atoms with Crippen LogP contribution in [0, 0.1) is 5.41 Å². The van der Waals surface area contributed by atoms with Crippen molar-refractivity contribution in [1.29, 1.82) is 0 Å². The van der Waals surface area contributed by atoms with Crippen molar-refractivity contribution in [3.8, 4) is 0 Å². The van der Waals surface area contributed by atoms with Gasteiger partial charge in [0, 0.05) is 13.1 Å². The van der Waals surface area contributed by atoms with Gasteiger partial charge in [-0.15, -0.1) is 0 Å². The van der Waals surface area contributed by atoms with E-state index in [9.17, 15) is 9.59 Å². The molecule has 3 N–H and O–H groups in total. The normalized spacial score (nSPS) is 17.6. The molecule has 0 saturated carbocycles. The lowest BCUT2D eigenvalue weighted by Gasteiger charge is -2.26. The van der Waals surface area contributed by atoms with Crippen molar-refractivity contribution in [2.24, 2.45) is 11.1 Å². The molecule has 0 aromatic heterocycles. The molecule has 5 nitrogen and oxygen atoms in total. The lowest BCUT2D eigenvalue weighted by Crippen LogP contribution is -2.44. The molecule has 2 amide bonds. The van der Waals surface area contributed by atoms with Crippen molar-refractivity contribution in [2.45, 2.75) is 33.1 Å². The number of carbonyl (C=O) groups is 2. The van der Waals surface area contributed by atoms with Gasteiger partial charge in [0.05, 0.1) is 11.5 Å². The number of nitrogens with zero attached hydrogens (tertiary/aromatic N) is 1. The summed E-state index contributed by atoms with van der Waals surface area (Å²) in [4.78, 5) is 25.3. The molecule has 6 heteroatoms. The maximum absolute atomic E-state index is 11.9. The van der Waals surface area contributed by atoms with Gasteiger partial charge in [0.2, 0.25) is 0 Å². The van der Waals surface area contributed by atoms with E-state index in [0.29, 0.717) is 13.1 Å². The summed E-state index contributed by atoms with van der Waals surface area (Å²) in [6.45, 7) is 5.65. The van der Waals surface area contributed by atoms with E-state index in [1.165, 1.54) is 0 Å². The third kappa shape index (κ3) is 3.41. The molecule has 1 aliphatic rings. The Morgan fingerprint density at radius 2 is 2.00 bits per heavy atom. The maximum Gasteiger partial charge on any atom is 0.311 e. The van der Waals surface area contributed by atoms with Crippen molar-refractivity contribution in [1.82, 2.24) is 10.2 Å². The van der Waals surface area contributed by atoms with Gasteiger partial charge in [-0.1, -0.05) is 26.1 Å². The van der Waals surface area contributed by atoms with Crippen molar-refractivity contribution >= 4 is 29.0 Å². The van der Waals surface area contributed by atoms with Gasteiger partial charge in [0.15, 0.2) is 0 Å². The van der Waals surface area contributed by atoms with E-state index in [1.54, 1.807) is 4.90 Å². The topological polar surface area (TPSA) is 75.4 Å².